The van der Waals surface area contributed by atoms with Crippen molar-refractivity contribution >= 4 is 48.5 Å². The Morgan fingerprint density at radius 1 is 0.500 bits per heavy atom. The average molecular weight is 843 g/mol. The molecular weight excluding hydrogens is 791 g/mol. The molecule has 8 aromatic carbocycles. The molecule has 0 aliphatic carbocycles. The van der Waals surface area contributed by atoms with E-state index in [-0.39, 0.29) is 30.2 Å². The van der Waals surface area contributed by atoms with Gasteiger partial charge in [0.15, 0.2) is 0 Å². The van der Waals surface area contributed by atoms with E-state index in [4.69, 9.17) is 0 Å². The van der Waals surface area contributed by atoms with E-state index in [0.717, 1.165) is 0 Å². The topological polar surface area (TPSA) is 0 Å². The summed E-state index contributed by atoms with van der Waals surface area (Å²) in [6, 6.07) is 49.4. The van der Waals surface area contributed by atoms with E-state index in [0.29, 0.717) is 0 Å². The Morgan fingerprint density at radius 3 is 1.28 bits per heavy atom. The molecule has 54 heavy (non-hydrogen) atoms. The molecule has 0 saturated carbocycles. The molecule has 0 aromatic heterocycles. The van der Waals surface area contributed by atoms with Gasteiger partial charge in [-0.05, 0) is 70.5 Å². The van der Waals surface area contributed by atoms with E-state index in [2.05, 4.69) is 174 Å². The molecule has 0 amide bonds. The Bertz CT molecular complexity index is 2290. The molecule has 4 heteroatoms. The second kappa shape index (κ2) is 20.6. The molecule has 0 atom stereocenters. The minimum atomic E-state index is 0. The molecule has 0 radical (unpaired) electrons. The maximum Gasteiger partial charge on any atom is -1.00 e. The largest absolute Gasteiger partial charge is 1.00 e. The molecule has 0 aliphatic rings. The predicted octanol–water partition coefficient (Wildman–Crippen LogP) is 8.85. The molecule has 276 valence electrons. The molecule has 0 aliphatic heterocycles. The molecule has 0 saturated heterocycles. The van der Waals surface area contributed by atoms with Gasteiger partial charge < -0.3 is 24.8 Å². The Hall–Kier alpha value is -3.26. The van der Waals surface area contributed by atoms with Crippen molar-refractivity contribution in [2.75, 3.05) is 0 Å². The van der Waals surface area contributed by atoms with Gasteiger partial charge in [0.2, 0.25) is 0 Å². The van der Waals surface area contributed by atoms with Crippen molar-refractivity contribution in [3.8, 4) is 22.3 Å². The fourth-order valence-electron chi connectivity index (χ4n) is 7.56. The molecular formula is C50H52Cl2SiZr-2. The van der Waals surface area contributed by atoms with Crippen LogP contribution in [0.3, 0.4) is 0 Å². The zero-order chi connectivity index (χ0) is 36.6. The molecule has 8 rings (SSSR count). The third kappa shape index (κ3) is 10.1. The van der Waals surface area contributed by atoms with Crippen molar-refractivity contribution in [3.63, 3.8) is 0 Å². The number of halogens is 2. The first-order chi connectivity index (χ1) is 25.3. The number of fused-ring (bicyclic) bond motifs is 4. The molecule has 0 heterocycles. The van der Waals surface area contributed by atoms with Gasteiger partial charge in [-0.1, -0.05) is 136 Å². The smallest absolute Gasteiger partial charge is 1.00 e. The van der Waals surface area contributed by atoms with Crippen molar-refractivity contribution in [1.29, 1.82) is 0 Å². The second-order valence-corrected chi connectivity index (χ2v) is 23.9. The standard InChI is InChI=1S/2C24H23.C2H6Si.2ClH.Zr/c2*1-3-4-8-18-15-20-10-7-12-22(23(20)16-18)24-17(2)13-14-19-9-5-6-11-21(19)24;1-3-2;;;/h2*5-7,9-16H,3-4,8H2,1-2H3;1-2H3;2*1H;/q2*-1;;;;+2/p-2. The molecule has 0 spiro atoms. The summed E-state index contributed by atoms with van der Waals surface area (Å²) in [5, 5.41) is 10.8. The number of rotatable bonds is 8. The van der Waals surface area contributed by atoms with E-state index in [1.165, 1.54) is 126 Å². The molecule has 8 aromatic rings. The van der Waals surface area contributed by atoms with E-state index >= 15 is 0 Å². The number of benzene rings is 6. The van der Waals surface area contributed by atoms with Gasteiger partial charge in [0.25, 0.3) is 0 Å². The Morgan fingerprint density at radius 2 is 0.889 bits per heavy atom. The van der Waals surface area contributed by atoms with Gasteiger partial charge in [-0.2, -0.15) is 12.1 Å². The summed E-state index contributed by atoms with van der Waals surface area (Å²) < 4.78 is 0. The van der Waals surface area contributed by atoms with E-state index in [1.807, 2.05) is 0 Å². The summed E-state index contributed by atoms with van der Waals surface area (Å²) in [6.07, 6.45) is 7.38. The summed E-state index contributed by atoms with van der Waals surface area (Å²) >= 11 is 1.74. The van der Waals surface area contributed by atoms with Crippen molar-refractivity contribution < 1.29 is 48.1 Å². The van der Waals surface area contributed by atoms with Crippen molar-refractivity contribution in [1.82, 2.24) is 0 Å². The van der Waals surface area contributed by atoms with Gasteiger partial charge in [0.05, 0.1) is 0 Å². The van der Waals surface area contributed by atoms with Gasteiger partial charge in [-0.15, -0.1) is 69.1 Å². The third-order valence-corrected chi connectivity index (χ3v) is 10.1. The van der Waals surface area contributed by atoms with Gasteiger partial charge >= 0.3 is 41.9 Å². The number of hydrogen-bond acceptors (Lipinski definition) is 0. The van der Waals surface area contributed by atoms with E-state index in [1.54, 1.807) is 23.3 Å². The Labute approximate surface area is 351 Å². The number of aryl methyl sites for hydroxylation is 4. The summed E-state index contributed by atoms with van der Waals surface area (Å²) in [4.78, 5) is 0. The first kappa shape index (κ1) is 43.5. The van der Waals surface area contributed by atoms with Crippen LogP contribution in [0.15, 0.2) is 133 Å². The minimum absolute atomic E-state index is 0. The van der Waals surface area contributed by atoms with Gasteiger partial charge in [-0.25, -0.2) is 0 Å². The summed E-state index contributed by atoms with van der Waals surface area (Å²) in [5.41, 5.74) is 11.3. The van der Waals surface area contributed by atoms with Crippen LogP contribution in [-0.2, 0) is 36.2 Å². The molecule has 0 fully saturated rings. The predicted molar refractivity (Wildman–Crippen MR) is 229 cm³/mol. The minimum Gasteiger partial charge on any atom is -1.00 e. The average Bonchev–Trinajstić information content (AvgIpc) is 3.77. The summed E-state index contributed by atoms with van der Waals surface area (Å²) in [6.45, 7) is 13.6. The first-order valence-corrected chi connectivity index (χ1v) is 25.3. The zero-order valence-electron chi connectivity index (χ0n) is 32.7. The maximum atomic E-state index is 2.40. The van der Waals surface area contributed by atoms with E-state index in [9.17, 15) is 0 Å². The van der Waals surface area contributed by atoms with Crippen LogP contribution >= 0.6 is 0 Å². The van der Waals surface area contributed by atoms with Crippen LogP contribution in [0.1, 0.15) is 61.8 Å². The number of unbranched alkanes of at least 4 members (excludes halogenated alkanes) is 2. The van der Waals surface area contributed by atoms with Crippen LogP contribution in [0.2, 0.25) is 13.1 Å². The molecule has 0 bridgehead atoms. The van der Waals surface area contributed by atoms with Crippen molar-refractivity contribution in [3.05, 3.63) is 156 Å². The fourth-order valence-corrected chi connectivity index (χ4v) is 7.56. The quantitative estimate of drug-likeness (QED) is 0.106. The van der Waals surface area contributed by atoms with Gasteiger partial charge in [-0.3, -0.25) is 0 Å². The zero-order valence-corrected chi connectivity index (χ0v) is 37.7. The van der Waals surface area contributed by atoms with Crippen LogP contribution < -0.4 is 24.8 Å². The Kier molecular flexibility index (Phi) is 16.6. The summed E-state index contributed by atoms with van der Waals surface area (Å²) in [7, 11) is 0. The van der Waals surface area contributed by atoms with Crippen LogP contribution in [0.4, 0.5) is 0 Å². The number of hydrogen-bond donors (Lipinski definition) is 0. The molecule has 0 unspecified atom stereocenters. The van der Waals surface area contributed by atoms with E-state index < -0.39 is 0 Å². The SMILES string of the molecule is CCCCc1cc2c(-c3c(C)ccc4ccccc34)cccc2[cH-]1.CCCCc1cc2c(-c3c(C)ccc4ccccc34)cccc2[cH-]1.C[Si](C)=[Zr+2].[Cl-].[Cl-]. The Balaban J connectivity index is 0.000000212. The molecule has 0 nitrogen and oxygen atoms in total. The van der Waals surface area contributed by atoms with Crippen molar-refractivity contribution in [2.24, 2.45) is 0 Å². The monoisotopic (exact) mass is 840 g/mol. The normalized spacial score (nSPS) is 10.7. The van der Waals surface area contributed by atoms with Crippen LogP contribution in [-0.4, -0.2) is 5.43 Å². The van der Waals surface area contributed by atoms with Crippen LogP contribution in [0, 0.1) is 13.8 Å². The molecule has 0 N–H and O–H groups in total. The van der Waals surface area contributed by atoms with Gasteiger partial charge in [0, 0.05) is 0 Å². The first-order valence-electron chi connectivity index (χ1n) is 19.1. The second-order valence-electron chi connectivity index (χ2n) is 14.5. The van der Waals surface area contributed by atoms with Crippen LogP contribution in [0.5, 0.6) is 0 Å². The fraction of sp³-hybridized carbons (Fsp3) is 0.240. The van der Waals surface area contributed by atoms with Gasteiger partial charge in [0.1, 0.15) is 0 Å². The summed E-state index contributed by atoms with van der Waals surface area (Å²) in [5.74, 6) is 0. The van der Waals surface area contributed by atoms with Crippen LogP contribution in [0.25, 0.3) is 65.3 Å². The third-order valence-electron chi connectivity index (χ3n) is 10.1. The van der Waals surface area contributed by atoms with Crippen molar-refractivity contribution in [2.45, 2.75) is 79.3 Å². The maximum absolute atomic E-state index is 2.40.